The number of methoxy groups -OCH3 is 1. The summed E-state index contributed by atoms with van der Waals surface area (Å²) in [4.78, 5) is 11.9. The number of ether oxygens (including phenoxy) is 1. The lowest BCUT2D eigenvalue weighted by molar-refractivity contribution is 0.0936. The van der Waals surface area contributed by atoms with Crippen molar-refractivity contribution in [3.05, 3.63) is 23.0 Å². The van der Waals surface area contributed by atoms with Gasteiger partial charge in [0.25, 0.3) is 5.91 Å². The predicted octanol–water partition coefficient (Wildman–Crippen LogP) is 2.06. The molecule has 0 aliphatic carbocycles. The van der Waals surface area contributed by atoms with Gasteiger partial charge in [-0.25, -0.2) is 0 Å². The summed E-state index contributed by atoms with van der Waals surface area (Å²) in [6, 6.07) is 2.31. The topological polar surface area (TPSA) is 43.3 Å². The van der Waals surface area contributed by atoms with Gasteiger partial charge in [0.1, 0.15) is 0 Å². The van der Waals surface area contributed by atoms with Crippen LogP contribution in [-0.2, 0) is 4.74 Å². The van der Waals surface area contributed by atoms with Crippen molar-refractivity contribution in [1.82, 2.24) is 9.88 Å². The van der Waals surface area contributed by atoms with Crippen molar-refractivity contribution in [1.29, 1.82) is 0 Å². The highest BCUT2D eigenvalue weighted by Gasteiger charge is 2.16. The number of carbonyl (C=O) groups is 1. The number of hydrogen-bond donors (Lipinski definition) is 1. The van der Waals surface area contributed by atoms with E-state index in [4.69, 9.17) is 4.74 Å². The molecule has 0 atom stereocenters. The van der Waals surface area contributed by atoms with Crippen LogP contribution in [0.2, 0.25) is 0 Å². The van der Waals surface area contributed by atoms with Gasteiger partial charge in [0.05, 0.1) is 12.2 Å². The van der Waals surface area contributed by atoms with Gasteiger partial charge in [-0.3, -0.25) is 4.79 Å². The van der Waals surface area contributed by atoms with E-state index in [-0.39, 0.29) is 5.91 Å². The maximum atomic E-state index is 11.9. The van der Waals surface area contributed by atoms with Crippen LogP contribution in [0.15, 0.2) is 6.07 Å². The second-order valence-corrected chi connectivity index (χ2v) is 4.50. The van der Waals surface area contributed by atoms with Crippen LogP contribution in [0.4, 0.5) is 0 Å². The van der Waals surface area contributed by atoms with Gasteiger partial charge in [-0.2, -0.15) is 0 Å². The van der Waals surface area contributed by atoms with Crippen LogP contribution in [0.5, 0.6) is 0 Å². The molecule has 1 rings (SSSR count). The molecule has 0 fully saturated rings. The molecule has 4 nitrogen and oxygen atoms in total. The molecule has 1 aromatic heterocycles. The van der Waals surface area contributed by atoms with Gasteiger partial charge >= 0.3 is 0 Å². The first-order valence-corrected chi connectivity index (χ1v) is 5.94. The monoisotopic (exact) mass is 238 g/mol. The van der Waals surface area contributed by atoms with Gasteiger partial charge in [-0.05, 0) is 33.8 Å². The second-order valence-electron chi connectivity index (χ2n) is 4.50. The number of rotatable bonds is 5. The third kappa shape index (κ3) is 3.09. The molecular formula is C13H22N2O2. The fourth-order valence-corrected chi connectivity index (χ4v) is 2.16. The van der Waals surface area contributed by atoms with Crippen LogP contribution in [0.1, 0.15) is 41.6 Å². The number of carbonyl (C=O) groups excluding carboxylic acids is 1. The molecule has 1 aromatic rings. The van der Waals surface area contributed by atoms with Crippen molar-refractivity contribution < 1.29 is 9.53 Å². The van der Waals surface area contributed by atoms with Crippen molar-refractivity contribution in [3.8, 4) is 0 Å². The lowest BCUT2D eigenvalue weighted by Crippen LogP contribution is -2.27. The molecule has 0 bridgehead atoms. The zero-order valence-corrected chi connectivity index (χ0v) is 11.3. The zero-order valence-electron chi connectivity index (χ0n) is 11.3. The van der Waals surface area contributed by atoms with Gasteiger partial charge in [-0.1, -0.05) is 0 Å². The molecular weight excluding hydrogens is 216 g/mol. The fraction of sp³-hybridized carbons (Fsp3) is 0.615. The lowest BCUT2D eigenvalue weighted by Gasteiger charge is -2.13. The van der Waals surface area contributed by atoms with Crippen molar-refractivity contribution in [2.45, 2.75) is 33.7 Å². The Bertz CT molecular complexity index is 394. The van der Waals surface area contributed by atoms with Crippen molar-refractivity contribution in [2.24, 2.45) is 0 Å². The Kier molecular flexibility index (Phi) is 4.75. The van der Waals surface area contributed by atoms with Gasteiger partial charge in [0.2, 0.25) is 0 Å². The minimum atomic E-state index is -0.0259. The van der Waals surface area contributed by atoms with E-state index in [1.54, 1.807) is 7.11 Å². The average Bonchev–Trinajstić information content (AvgIpc) is 2.54. The molecule has 1 N–H and O–H groups in total. The number of aryl methyl sites for hydroxylation is 1. The molecule has 1 heterocycles. The number of nitrogens with zero attached hydrogens (tertiary/aromatic N) is 1. The van der Waals surface area contributed by atoms with Crippen LogP contribution in [0.3, 0.4) is 0 Å². The van der Waals surface area contributed by atoms with E-state index >= 15 is 0 Å². The van der Waals surface area contributed by atoms with Gasteiger partial charge in [0.15, 0.2) is 0 Å². The van der Waals surface area contributed by atoms with E-state index in [9.17, 15) is 4.79 Å². The maximum absolute atomic E-state index is 11.9. The van der Waals surface area contributed by atoms with Crippen LogP contribution in [0, 0.1) is 13.8 Å². The molecule has 0 saturated carbocycles. The summed E-state index contributed by atoms with van der Waals surface area (Å²) in [5.41, 5.74) is 2.90. The van der Waals surface area contributed by atoms with Crippen molar-refractivity contribution in [3.63, 3.8) is 0 Å². The van der Waals surface area contributed by atoms with Gasteiger partial charge in [-0.15, -0.1) is 0 Å². The summed E-state index contributed by atoms with van der Waals surface area (Å²) in [5, 5.41) is 2.84. The molecule has 96 valence electrons. The summed E-state index contributed by atoms with van der Waals surface area (Å²) in [6.45, 7) is 9.33. The third-order valence-electron chi connectivity index (χ3n) is 2.84. The van der Waals surface area contributed by atoms with E-state index in [0.29, 0.717) is 19.2 Å². The molecule has 0 saturated heterocycles. The van der Waals surface area contributed by atoms with E-state index < -0.39 is 0 Å². The van der Waals surface area contributed by atoms with Crippen LogP contribution >= 0.6 is 0 Å². The normalized spacial score (nSPS) is 10.9. The first kappa shape index (κ1) is 13.8. The van der Waals surface area contributed by atoms with Crippen LogP contribution in [0.25, 0.3) is 0 Å². The molecule has 0 aliphatic rings. The first-order valence-electron chi connectivity index (χ1n) is 5.94. The van der Waals surface area contributed by atoms with Crippen LogP contribution < -0.4 is 5.32 Å². The lowest BCUT2D eigenvalue weighted by atomic mass is 10.2. The summed E-state index contributed by atoms with van der Waals surface area (Å²) < 4.78 is 7.08. The molecule has 0 radical (unpaired) electrons. The Balaban J connectivity index is 2.84. The summed E-state index contributed by atoms with van der Waals surface area (Å²) in [5.74, 6) is -0.0259. The van der Waals surface area contributed by atoms with Crippen molar-refractivity contribution in [2.75, 3.05) is 20.3 Å². The Morgan fingerprint density at radius 3 is 2.59 bits per heavy atom. The Labute approximate surface area is 103 Å². The maximum Gasteiger partial charge on any atom is 0.253 e. The third-order valence-corrected chi connectivity index (χ3v) is 2.84. The minimum absolute atomic E-state index is 0.0259. The van der Waals surface area contributed by atoms with Crippen LogP contribution in [-0.4, -0.2) is 30.7 Å². The van der Waals surface area contributed by atoms with E-state index in [2.05, 4.69) is 23.7 Å². The summed E-state index contributed by atoms with van der Waals surface area (Å²) >= 11 is 0. The first-order chi connectivity index (χ1) is 7.99. The molecule has 0 aliphatic heterocycles. The fourth-order valence-electron chi connectivity index (χ4n) is 2.16. The van der Waals surface area contributed by atoms with Gasteiger partial charge < -0.3 is 14.6 Å². The number of aromatic nitrogens is 1. The highest BCUT2D eigenvalue weighted by molar-refractivity contribution is 5.95. The highest BCUT2D eigenvalue weighted by Crippen LogP contribution is 2.19. The zero-order chi connectivity index (χ0) is 13.0. The standard InChI is InChI=1S/C13H22N2O2/c1-9(2)15-10(3)8-12(11(15)4)13(16)14-6-7-17-5/h8-9H,6-7H2,1-5H3,(H,14,16). The largest absolute Gasteiger partial charge is 0.383 e. The number of hydrogen-bond acceptors (Lipinski definition) is 2. The van der Waals surface area contributed by atoms with E-state index in [1.807, 2.05) is 19.9 Å². The molecule has 0 spiro atoms. The Morgan fingerprint density at radius 1 is 1.47 bits per heavy atom. The van der Waals surface area contributed by atoms with E-state index in [1.165, 1.54) is 0 Å². The predicted molar refractivity (Wildman–Crippen MR) is 68.5 cm³/mol. The highest BCUT2D eigenvalue weighted by atomic mass is 16.5. The summed E-state index contributed by atoms with van der Waals surface area (Å²) in [7, 11) is 1.62. The van der Waals surface area contributed by atoms with Gasteiger partial charge in [0, 0.05) is 31.1 Å². The molecule has 1 amide bonds. The SMILES string of the molecule is COCCNC(=O)c1cc(C)n(C(C)C)c1C. The Morgan fingerprint density at radius 2 is 2.12 bits per heavy atom. The molecule has 4 heteroatoms. The molecule has 0 aromatic carbocycles. The summed E-state index contributed by atoms with van der Waals surface area (Å²) in [6.07, 6.45) is 0. The molecule has 17 heavy (non-hydrogen) atoms. The smallest absolute Gasteiger partial charge is 0.253 e. The molecule has 0 unspecified atom stereocenters. The number of nitrogens with one attached hydrogen (secondary N) is 1. The van der Waals surface area contributed by atoms with E-state index in [0.717, 1.165) is 17.0 Å². The Hall–Kier alpha value is -1.29. The minimum Gasteiger partial charge on any atom is -0.383 e. The second kappa shape index (κ2) is 5.87. The average molecular weight is 238 g/mol. The van der Waals surface area contributed by atoms with Crippen molar-refractivity contribution >= 4 is 5.91 Å². The number of amides is 1. The quantitative estimate of drug-likeness (QED) is 0.798.